The zero-order valence-electron chi connectivity index (χ0n) is 25.9. The van der Waals surface area contributed by atoms with Crippen LogP contribution in [0.4, 0.5) is 0 Å². The van der Waals surface area contributed by atoms with Gasteiger partial charge in [0.05, 0.1) is 16.9 Å². The molecule has 0 bridgehead atoms. The van der Waals surface area contributed by atoms with Crippen LogP contribution in [0.2, 0.25) is 0 Å². The summed E-state index contributed by atoms with van der Waals surface area (Å²) in [5.41, 5.74) is 6.90. The second kappa shape index (κ2) is 13.3. The first-order valence-corrected chi connectivity index (χ1v) is 14.6. The second-order valence-corrected chi connectivity index (χ2v) is 11.1. The summed E-state index contributed by atoms with van der Waals surface area (Å²) in [7, 11) is -0.410. The molecule has 5 rings (SSSR count). The maximum absolute atomic E-state index is 6.21. The van der Waals surface area contributed by atoms with Crippen molar-refractivity contribution in [2.45, 2.75) is 59.7 Å². The number of rotatable bonds is 6. The maximum atomic E-state index is 6.21. The molecule has 0 radical (unpaired) electrons. The Balaban J connectivity index is 0.00000198. The highest BCUT2D eigenvalue weighted by Crippen LogP contribution is 2.36. The highest BCUT2D eigenvalue weighted by atomic mass is 16.7. The van der Waals surface area contributed by atoms with Gasteiger partial charge in [-0.15, -0.1) is 0 Å². The zero-order valence-corrected chi connectivity index (χ0v) is 25.9. The van der Waals surface area contributed by atoms with Gasteiger partial charge in [0.15, 0.2) is 5.84 Å². The molecule has 4 nitrogen and oxygen atoms in total. The number of hydrogen-bond donors (Lipinski definition) is 0. The second-order valence-electron chi connectivity index (χ2n) is 11.1. The molecule has 0 saturated carbocycles. The number of amidine groups is 1. The maximum Gasteiger partial charge on any atom is 0.494 e. The third-order valence-electron chi connectivity index (χ3n) is 7.73. The molecule has 214 valence electrons. The van der Waals surface area contributed by atoms with E-state index in [1.165, 1.54) is 5.56 Å². The van der Waals surface area contributed by atoms with Crippen molar-refractivity contribution in [1.82, 2.24) is 0 Å². The Hall–Kier alpha value is -4.06. The molecule has 4 aromatic rings. The highest BCUT2D eigenvalue weighted by Gasteiger charge is 2.51. The van der Waals surface area contributed by atoms with Gasteiger partial charge in [-0.2, -0.15) is 0 Å². The lowest BCUT2D eigenvalue weighted by molar-refractivity contribution is 0.00578. The predicted molar refractivity (Wildman–Crippen MR) is 180 cm³/mol. The molecule has 1 saturated heterocycles. The van der Waals surface area contributed by atoms with Gasteiger partial charge in [0.1, 0.15) is 0 Å². The Morgan fingerprint density at radius 3 is 1.62 bits per heavy atom. The van der Waals surface area contributed by atoms with Crippen LogP contribution in [-0.4, -0.2) is 29.9 Å². The van der Waals surface area contributed by atoms with Crippen LogP contribution >= 0.6 is 0 Å². The molecule has 0 N–H and O–H groups in total. The van der Waals surface area contributed by atoms with Crippen LogP contribution < -0.4 is 5.46 Å². The third-order valence-corrected chi connectivity index (χ3v) is 7.73. The van der Waals surface area contributed by atoms with E-state index >= 15 is 0 Å². The van der Waals surface area contributed by atoms with Crippen LogP contribution in [0.3, 0.4) is 0 Å². The molecule has 42 heavy (non-hydrogen) atoms. The molecule has 0 atom stereocenters. The van der Waals surface area contributed by atoms with Gasteiger partial charge in [0, 0.05) is 11.3 Å². The molecule has 4 aromatic carbocycles. The summed E-state index contributed by atoms with van der Waals surface area (Å²) < 4.78 is 12.4. The fraction of sp³-hybridized carbons (Fsp3) is 0.243. The van der Waals surface area contributed by atoms with Gasteiger partial charge in [-0.25, -0.2) is 9.98 Å². The third kappa shape index (κ3) is 7.04. The average molecular weight is 557 g/mol. The largest absolute Gasteiger partial charge is 0.494 e. The van der Waals surface area contributed by atoms with Gasteiger partial charge in [-0.05, 0) is 62.3 Å². The zero-order chi connectivity index (χ0) is 30.3. The van der Waals surface area contributed by atoms with Gasteiger partial charge < -0.3 is 9.31 Å². The van der Waals surface area contributed by atoms with E-state index in [1.54, 1.807) is 0 Å². The molecule has 0 aromatic heterocycles. The molecule has 1 heterocycles. The molecular weight excluding hydrogens is 515 g/mol. The van der Waals surface area contributed by atoms with Crippen molar-refractivity contribution in [2.24, 2.45) is 9.98 Å². The van der Waals surface area contributed by atoms with Gasteiger partial charge in [-0.1, -0.05) is 130 Å². The lowest BCUT2D eigenvalue weighted by atomic mass is 9.79. The first kappa shape index (κ1) is 30.9. The molecule has 0 unspecified atom stereocenters. The van der Waals surface area contributed by atoms with E-state index in [1.807, 2.05) is 81.4 Å². The molecule has 0 aliphatic carbocycles. The SMILES string of the molecule is C=C(N=C(N=C(C)c1ccccc1)c1ccc(-c2ccccc2)cc1)c1ccc(B2OC(C)(C)C(C)(C)O2)cc1.CC. The van der Waals surface area contributed by atoms with E-state index in [-0.39, 0.29) is 11.2 Å². The molecule has 5 heteroatoms. The molecular formula is C37H41BN2O2. The van der Waals surface area contributed by atoms with Crippen molar-refractivity contribution in [3.63, 3.8) is 0 Å². The standard InChI is InChI=1S/C35H35BN2O2.C2H6/c1-25(27-13-9-7-10-14-27)37-33(31-19-17-30(18-20-31)29-15-11-8-12-16-29)38-26(2)28-21-23-32(24-22-28)36-39-34(3,4)35(5,6)40-36;1-2/h7-24H,2H2,1,3-6H3;1-2H3. The van der Waals surface area contributed by atoms with E-state index < -0.39 is 7.12 Å². The van der Waals surface area contributed by atoms with Gasteiger partial charge in [0.25, 0.3) is 0 Å². The molecule has 0 spiro atoms. The van der Waals surface area contributed by atoms with Crippen molar-refractivity contribution in [3.8, 4) is 11.1 Å². The summed E-state index contributed by atoms with van der Waals surface area (Å²) in [6.45, 7) is 18.5. The van der Waals surface area contributed by atoms with Crippen LogP contribution in [0.25, 0.3) is 16.8 Å². The van der Waals surface area contributed by atoms with Gasteiger partial charge in [0.2, 0.25) is 0 Å². The van der Waals surface area contributed by atoms with E-state index in [9.17, 15) is 0 Å². The fourth-order valence-electron chi connectivity index (χ4n) is 4.50. The van der Waals surface area contributed by atoms with E-state index in [0.29, 0.717) is 11.5 Å². The quantitative estimate of drug-likeness (QED) is 0.136. The van der Waals surface area contributed by atoms with Crippen molar-refractivity contribution < 1.29 is 9.31 Å². The van der Waals surface area contributed by atoms with Gasteiger partial charge in [-0.3, -0.25) is 0 Å². The average Bonchev–Trinajstić information content (AvgIpc) is 3.24. The highest BCUT2D eigenvalue weighted by molar-refractivity contribution is 6.62. The van der Waals surface area contributed by atoms with Crippen molar-refractivity contribution in [2.75, 3.05) is 0 Å². The van der Waals surface area contributed by atoms with E-state index in [4.69, 9.17) is 19.3 Å². The van der Waals surface area contributed by atoms with Crippen molar-refractivity contribution in [1.29, 1.82) is 0 Å². The molecule has 0 amide bonds. The van der Waals surface area contributed by atoms with E-state index in [0.717, 1.165) is 33.4 Å². The van der Waals surface area contributed by atoms with Crippen LogP contribution in [-0.2, 0) is 9.31 Å². The number of aliphatic imine (C=N–C) groups is 2. The predicted octanol–water partition coefficient (Wildman–Crippen LogP) is 8.61. The topological polar surface area (TPSA) is 43.2 Å². The normalized spacial score (nSPS) is 16.0. The minimum atomic E-state index is -0.410. The Morgan fingerprint density at radius 2 is 1.07 bits per heavy atom. The Bertz CT molecular complexity index is 1520. The molecule has 1 aliphatic heterocycles. The van der Waals surface area contributed by atoms with E-state index in [2.05, 4.69) is 82.8 Å². The Kier molecular flexibility index (Phi) is 9.77. The summed E-state index contributed by atoms with van der Waals surface area (Å²) in [4.78, 5) is 9.89. The summed E-state index contributed by atoms with van der Waals surface area (Å²) in [5, 5.41) is 0. The minimum Gasteiger partial charge on any atom is -0.399 e. The Morgan fingerprint density at radius 1 is 0.595 bits per heavy atom. The first-order valence-electron chi connectivity index (χ1n) is 14.6. The van der Waals surface area contributed by atoms with Crippen LogP contribution in [0.15, 0.2) is 126 Å². The van der Waals surface area contributed by atoms with Gasteiger partial charge >= 0.3 is 7.12 Å². The summed E-state index contributed by atoms with van der Waals surface area (Å²) in [6.07, 6.45) is 0. The monoisotopic (exact) mass is 556 g/mol. The lowest BCUT2D eigenvalue weighted by Gasteiger charge is -2.32. The summed E-state index contributed by atoms with van der Waals surface area (Å²) in [6, 6.07) is 36.9. The number of hydrogen-bond acceptors (Lipinski definition) is 3. The van der Waals surface area contributed by atoms with Crippen LogP contribution in [0.5, 0.6) is 0 Å². The van der Waals surface area contributed by atoms with Crippen molar-refractivity contribution >= 4 is 29.8 Å². The Labute approximate surface area is 252 Å². The molecule has 1 fully saturated rings. The fourth-order valence-corrected chi connectivity index (χ4v) is 4.50. The van der Waals surface area contributed by atoms with Crippen LogP contribution in [0, 0.1) is 0 Å². The summed E-state index contributed by atoms with van der Waals surface area (Å²) >= 11 is 0. The first-order chi connectivity index (χ1) is 20.1. The van der Waals surface area contributed by atoms with Crippen LogP contribution in [0.1, 0.15) is 65.2 Å². The summed E-state index contributed by atoms with van der Waals surface area (Å²) in [5.74, 6) is 0.612. The smallest absolute Gasteiger partial charge is 0.399 e. The minimum absolute atomic E-state index is 0.385. The number of nitrogens with zero attached hydrogens (tertiary/aromatic N) is 2. The number of benzene rings is 4. The molecule has 1 aliphatic rings. The lowest BCUT2D eigenvalue weighted by Crippen LogP contribution is -2.41. The van der Waals surface area contributed by atoms with Crippen molar-refractivity contribution in [3.05, 3.63) is 132 Å².